The molecular formula is C15H20FN3. The summed E-state index contributed by atoms with van der Waals surface area (Å²) in [6.07, 6.45) is 3.98. The molecule has 0 amide bonds. The van der Waals surface area contributed by atoms with Crippen molar-refractivity contribution in [3.8, 4) is 6.07 Å². The highest BCUT2D eigenvalue weighted by Gasteiger charge is 2.08. The van der Waals surface area contributed by atoms with Crippen molar-refractivity contribution in [1.82, 2.24) is 10.2 Å². The maximum absolute atomic E-state index is 13.2. The third kappa shape index (κ3) is 4.30. The second-order valence-corrected chi connectivity index (χ2v) is 5.01. The van der Waals surface area contributed by atoms with Crippen molar-refractivity contribution in [3.63, 3.8) is 0 Å². The predicted molar refractivity (Wildman–Crippen MR) is 73.1 cm³/mol. The minimum absolute atomic E-state index is 0.121. The molecule has 1 saturated heterocycles. The lowest BCUT2D eigenvalue weighted by Crippen LogP contribution is -2.35. The Balaban J connectivity index is 1.72. The lowest BCUT2D eigenvalue weighted by atomic mass is 10.1. The Morgan fingerprint density at radius 2 is 2.05 bits per heavy atom. The number of nitrogens with zero attached hydrogens (tertiary/aromatic N) is 2. The van der Waals surface area contributed by atoms with Gasteiger partial charge in [-0.1, -0.05) is 12.5 Å². The van der Waals surface area contributed by atoms with Crippen molar-refractivity contribution in [2.75, 3.05) is 26.2 Å². The topological polar surface area (TPSA) is 39.1 Å². The summed E-state index contributed by atoms with van der Waals surface area (Å²) >= 11 is 0. The summed E-state index contributed by atoms with van der Waals surface area (Å²) in [6.45, 7) is 5.09. The van der Waals surface area contributed by atoms with E-state index in [1.807, 2.05) is 6.07 Å². The monoisotopic (exact) mass is 261 g/mol. The summed E-state index contributed by atoms with van der Waals surface area (Å²) in [5.41, 5.74) is 1.08. The number of nitriles is 1. The molecule has 102 valence electrons. The Morgan fingerprint density at radius 3 is 2.79 bits per heavy atom. The summed E-state index contributed by atoms with van der Waals surface area (Å²) in [4.78, 5) is 2.47. The summed E-state index contributed by atoms with van der Waals surface area (Å²) in [7, 11) is 0. The number of hydrogen-bond acceptors (Lipinski definition) is 3. The minimum atomic E-state index is -0.445. The molecule has 0 radical (unpaired) electrons. The molecule has 1 fully saturated rings. The summed E-state index contributed by atoms with van der Waals surface area (Å²) in [6, 6.07) is 6.57. The smallest absolute Gasteiger partial charge is 0.140 e. The molecule has 1 aliphatic rings. The van der Waals surface area contributed by atoms with Gasteiger partial charge in [0.2, 0.25) is 0 Å². The Morgan fingerprint density at radius 1 is 1.26 bits per heavy atom. The number of benzene rings is 1. The van der Waals surface area contributed by atoms with E-state index >= 15 is 0 Å². The van der Waals surface area contributed by atoms with Crippen LogP contribution in [0, 0.1) is 17.1 Å². The first-order chi connectivity index (χ1) is 9.29. The van der Waals surface area contributed by atoms with E-state index in [1.54, 1.807) is 12.1 Å². The average molecular weight is 261 g/mol. The van der Waals surface area contributed by atoms with Crippen LogP contribution in [0.2, 0.25) is 0 Å². The zero-order valence-corrected chi connectivity index (χ0v) is 11.2. The van der Waals surface area contributed by atoms with E-state index in [0.29, 0.717) is 6.54 Å². The van der Waals surface area contributed by atoms with Crippen molar-refractivity contribution >= 4 is 0 Å². The highest BCUT2D eigenvalue weighted by Crippen LogP contribution is 2.09. The van der Waals surface area contributed by atoms with Crippen LogP contribution in [0.3, 0.4) is 0 Å². The lowest BCUT2D eigenvalue weighted by Gasteiger charge is -2.26. The van der Waals surface area contributed by atoms with Crippen LogP contribution in [0.1, 0.15) is 30.4 Å². The molecule has 0 spiro atoms. The average Bonchev–Trinajstić information content (AvgIpc) is 2.46. The zero-order chi connectivity index (χ0) is 13.5. The molecule has 1 aromatic rings. The quantitative estimate of drug-likeness (QED) is 0.826. The van der Waals surface area contributed by atoms with Crippen LogP contribution in [0.5, 0.6) is 0 Å². The molecule has 1 aromatic carbocycles. The van der Waals surface area contributed by atoms with Crippen LogP contribution in [0.15, 0.2) is 18.2 Å². The molecule has 1 aliphatic heterocycles. The van der Waals surface area contributed by atoms with Crippen molar-refractivity contribution in [1.29, 1.82) is 5.26 Å². The Hall–Kier alpha value is -1.44. The summed E-state index contributed by atoms with van der Waals surface area (Å²) in [5.74, 6) is -0.445. The first kappa shape index (κ1) is 14.0. The number of piperidine rings is 1. The van der Waals surface area contributed by atoms with E-state index < -0.39 is 5.82 Å². The van der Waals surface area contributed by atoms with Crippen molar-refractivity contribution in [2.24, 2.45) is 0 Å². The van der Waals surface area contributed by atoms with Crippen LogP contribution in [0.4, 0.5) is 4.39 Å². The van der Waals surface area contributed by atoms with Crippen LogP contribution in [-0.2, 0) is 6.54 Å². The van der Waals surface area contributed by atoms with Gasteiger partial charge in [-0.05, 0) is 43.6 Å². The van der Waals surface area contributed by atoms with Gasteiger partial charge in [0, 0.05) is 19.6 Å². The van der Waals surface area contributed by atoms with Crippen LogP contribution >= 0.6 is 0 Å². The molecule has 4 heteroatoms. The van der Waals surface area contributed by atoms with Crippen molar-refractivity contribution < 1.29 is 4.39 Å². The van der Waals surface area contributed by atoms with Gasteiger partial charge in [-0.3, -0.25) is 0 Å². The van der Waals surface area contributed by atoms with E-state index in [1.165, 1.54) is 38.4 Å². The third-order valence-electron chi connectivity index (χ3n) is 3.53. The van der Waals surface area contributed by atoms with E-state index in [9.17, 15) is 4.39 Å². The molecule has 0 unspecified atom stereocenters. The number of likely N-dealkylation sites (tertiary alicyclic amines) is 1. The molecule has 1 N–H and O–H groups in total. The van der Waals surface area contributed by atoms with Gasteiger partial charge in [-0.15, -0.1) is 0 Å². The Kier molecular flexibility index (Phi) is 5.31. The fraction of sp³-hybridized carbons (Fsp3) is 0.533. The minimum Gasteiger partial charge on any atom is -0.311 e. The van der Waals surface area contributed by atoms with Gasteiger partial charge in [-0.2, -0.15) is 5.26 Å². The van der Waals surface area contributed by atoms with E-state index in [-0.39, 0.29) is 5.56 Å². The van der Waals surface area contributed by atoms with Crippen LogP contribution in [0.25, 0.3) is 0 Å². The summed E-state index contributed by atoms with van der Waals surface area (Å²) in [5, 5.41) is 12.1. The van der Waals surface area contributed by atoms with Gasteiger partial charge in [-0.25, -0.2) is 4.39 Å². The fourth-order valence-corrected chi connectivity index (χ4v) is 2.42. The van der Waals surface area contributed by atoms with Gasteiger partial charge < -0.3 is 10.2 Å². The van der Waals surface area contributed by atoms with Gasteiger partial charge in [0.15, 0.2) is 0 Å². The number of rotatable bonds is 5. The molecule has 0 aromatic heterocycles. The second kappa shape index (κ2) is 7.22. The second-order valence-electron chi connectivity index (χ2n) is 5.01. The third-order valence-corrected chi connectivity index (χ3v) is 3.53. The first-order valence-corrected chi connectivity index (χ1v) is 6.91. The summed E-state index contributed by atoms with van der Waals surface area (Å²) < 4.78 is 13.2. The SMILES string of the molecule is N#Cc1cc(CNCCN2CCCCC2)ccc1F. The zero-order valence-electron chi connectivity index (χ0n) is 11.2. The van der Waals surface area contributed by atoms with Crippen LogP contribution < -0.4 is 5.32 Å². The fourth-order valence-electron chi connectivity index (χ4n) is 2.42. The maximum Gasteiger partial charge on any atom is 0.140 e. The van der Waals surface area contributed by atoms with E-state index in [4.69, 9.17) is 5.26 Å². The molecular weight excluding hydrogens is 241 g/mol. The lowest BCUT2D eigenvalue weighted by molar-refractivity contribution is 0.229. The van der Waals surface area contributed by atoms with Crippen LogP contribution in [-0.4, -0.2) is 31.1 Å². The van der Waals surface area contributed by atoms with Gasteiger partial charge >= 0.3 is 0 Å². The number of hydrogen-bond donors (Lipinski definition) is 1. The molecule has 3 nitrogen and oxygen atoms in total. The number of halogens is 1. The molecule has 0 bridgehead atoms. The molecule has 19 heavy (non-hydrogen) atoms. The highest BCUT2D eigenvalue weighted by atomic mass is 19.1. The van der Waals surface area contributed by atoms with Gasteiger partial charge in [0.05, 0.1) is 5.56 Å². The van der Waals surface area contributed by atoms with Gasteiger partial charge in [0.25, 0.3) is 0 Å². The number of nitrogens with one attached hydrogen (secondary N) is 1. The normalized spacial score (nSPS) is 16.2. The standard InChI is InChI=1S/C15H20FN3/c16-15-5-4-13(10-14(15)11-17)12-18-6-9-19-7-2-1-3-8-19/h4-5,10,18H,1-3,6-9,12H2. The largest absolute Gasteiger partial charge is 0.311 e. The Bertz CT molecular complexity index is 447. The Labute approximate surface area is 114 Å². The maximum atomic E-state index is 13.2. The molecule has 0 aliphatic carbocycles. The van der Waals surface area contributed by atoms with Crippen molar-refractivity contribution in [2.45, 2.75) is 25.8 Å². The molecule has 0 atom stereocenters. The van der Waals surface area contributed by atoms with E-state index in [2.05, 4.69) is 10.2 Å². The molecule has 2 rings (SSSR count). The molecule has 1 heterocycles. The van der Waals surface area contributed by atoms with Gasteiger partial charge in [0.1, 0.15) is 11.9 Å². The molecule has 0 saturated carbocycles. The first-order valence-electron chi connectivity index (χ1n) is 6.91. The predicted octanol–water partition coefficient (Wildman–Crippen LogP) is 2.27. The van der Waals surface area contributed by atoms with Crippen molar-refractivity contribution in [3.05, 3.63) is 35.1 Å². The highest BCUT2D eigenvalue weighted by molar-refractivity contribution is 5.34. The van der Waals surface area contributed by atoms with E-state index in [0.717, 1.165) is 18.7 Å².